The fourth-order valence-electron chi connectivity index (χ4n) is 0.726. The molecule has 2 aliphatic heterocycles. The van der Waals surface area contributed by atoms with Crippen molar-refractivity contribution in [2.24, 2.45) is 0 Å². The lowest BCUT2D eigenvalue weighted by molar-refractivity contribution is 1.06. The number of rotatable bonds is 0. The van der Waals surface area contributed by atoms with E-state index in [0.717, 1.165) is 5.69 Å². The first-order valence-corrected chi connectivity index (χ1v) is 2.85. The molecule has 2 rings (SSSR count). The van der Waals surface area contributed by atoms with Crippen LogP contribution in [0.1, 0.15) is 0 Å². The van der Waals surface area contributed by atoms with Gasteiger partial charge in [0.15, 0.2) is 5.82 Å². The second-order valence-corrected chi connectivity index (χ2v) is 1.80. The quantitative estimate of drug-likeness (QED) is 0.519. The predicted molar refractivity (Wildman–Crippen MR) is 34.2 cm³/mol. The highest BCUT2D eigenvalue weighted by atomic mass is 15.1. The summed E-state index contributed by atoms with van der Waals surface area (Å²) >= 11 is 0. The van der Waals surface area contributed by atoms with Crippen molar-refractivity contribution in [2.45, 2.75) is 0 Å². The standard InChI is InChI=1S/C6H4N4/c1-2-7-6-5(1)10-9-4-3-8-6/h1-4H. The largest absolute Gasteiger partial charge is 0.235 e. The summed E-state index contributed by atoms with van der Waals surface area (Å²) in [7, 11) is 0. The maximum Gasteiger partial charge on any atom is 0.180 e. The lowest BCUT2D eigenvalue weighted by Gasteiger charge is -1.79. The zero-order valence-corrected chi connectivity index (χ0v) is 5.10. The van der Waals surface area contributed by atoms with Gasteiger partial charge in [0, 0.05) is 12.4 Å². The summed E-state index contributed by atoms with van der Waals surface area (Å²) < 4.78 is 0. The molecular weight excluding hydrogens is 128 g/mol. The molecule has 10 heavy (non-hydrogen) atoms. The molecule has 0 N–H and O–H groups in total. The minimum Gasteiger partial charge on any atom is -0.235 e. The molecule has 4 heteroatoms. The van der Waals surface area contributed by atoms with Gasteiger partial charge in [-0.15, -0.1) is 5.10 Å². The number of aromatic nitrogens is 4. The molecule has 0 aromatic carbocycles. The van der Waals surface area contributed by atoms with Crippen LogP contribution in [0.2, 0.25) is 0 Å². The maximum atomic E-state index is 3.97. The average molecular weight is 132 g/mol. The van der Waals surface area contributed by atoms with Crippen LogP contribution >= 0.6 is 0 Å². The first-order valence-electron chi connectivity index (χ1n) is 2.85. The lowest BCUT2D eigenvalue weighted by atomic mass is 10.4. The fraction of sp³-hybridized carbons (Fsp3) is 0. The Bertz CT molecular complexity index is 281. The van der Waals surface area contributed by atoms with E-state index in [1.54, 1.807) is 18.5 Å². The van der Waals surface area contributed by atoms with Crippen LogP contribution in [0.5, 0.6) is 0 Å². The SMILES string of the molecule is c1cnc2nccc-2nn1. The van der Waals surface area contributed by atoms with E-state index in [1.165, 1.54) is 6.20 Å². The summed E-state index contributed by atoms with van der Waals surface area (Å²) in [5, 5.41) is 7.52. The van der Waals surface area contributed by atoms with Gasteiger partial charge in [-0.3, -0.25) is 0 Å². The molecule has 48 valence electrons. The van der Waals surface area contributed by atoms with Crippen molar-refractivity contribution in [2.75, 3.05) is 0 Å². The van der Waals surface area contributed by atoms with Crippen LogP contribution in [0.25, 0.3) is 11.5 Å². The minimum atomic E-state index is 0.637. The van der Waals surface area contributed by atoms with Gasteiger partial charge in [0.2, 0.25) is 0 Å². The highest BCUT2D eigenvalue weighted by Crippen LogP contribution is 2.08. The van der Waals surface area contributed by atoms with Gasteiger partial charge in [-0.2, -0.15) is 5.10 Å². The molecule has 2 heterocycles. The van der Waals surface area contributed by atoms with E-state index in [1.807, 2.05) is 0 Å². The van der Waals surface area contributed by atoms with E-state index in [-0.39, 0.29) is 0 Å². The fourth-order valence-corrected chi connectivity index (χ4v) is 0.726. The number of fused-ring (bicyclic) bond motifs is 1. The molecule has 0 spiro atoms. The van der Waals surface area contributed by atoms with E-state index in [2.05, 4.69) is 20.2 Å². The number of nitrogens with zero attached hydrogens (tertiary/aromatic N) is 4. The van der Waals surface area contributed by atoms with E-state index >= 15 is 0 Å². The van der Waals surface area contributed by atoms with Crippen molar-refractivity contribution in [3.8, 4) is 11.5 Å². The van der Waals surface area contributed by atoms with Gasteiger partial charge in [-0.05, 0) is 6.07 Å². The van der Waals surface area contributed by atoms with E-state index in [0.29, 0.717) is 5.82 Å². The number of hydrogen-bond donors (Lipinski definition) is 0. The zero-order valence-electron chi connectivity index (χ0n) is 5.10. The molecule has 0 bridgehead atoms. The van der Waals surface area contributed by atoms with Gasteiger partial charge < -0.3 is 0 Å². The smallest absolute Gasteiger partial charge is 0.180 e. The molecule has 0 radical (unpaired) electrons. The van der Waals surface area contributed by atoms with Crippen molar-refractivity contribution in [1.82, 2.24) is 20.2 Å². The number of hydrogen-bond acceptors (Lipinski definition) is 4. The average Bonchev–Trinajstić information content (AvgIpc) is 2.28. The van der Waals surface area contributed by atoms with Gasteiger partial charge in [-0.1, -0.05) is 0 Å². The van der Waals surface area contributed by atoms with Crippen molar-refractivity contribution in [1.29, 1.82) is 0 Å². The first-order chi connectivity index (χ1) is 4.97. The Labute approximate surface area is 57.3 Å². The van der Waals surface area contributed by atoms with E-state index in [9.17, 15) is 0 Å². The van der Waals surface area contributed by atoms with Gasteiger partial charge in [0.05, 0.1) is 6.20 Å². The third-order valence-electron chi connectivity index (χ3n) is 1.15. The Hall–Kier alpha value is -1.58. The molecule has 0 aromatic rings. The Balaban J connectivity index is 2.74. The van der Waals surface area contributed by atoms with Gasteiger partial charge in [0.25, 0.3) is 0 Å². The Morgan fingerprint density at radius 1 is 1.00 bits per heavy atom. The molecule has 0 aliphatic carbocycles. The Morgan fingerprint density at radius 3 is 2.90 bits per heavy atom. The van der Waals surface area contributed by atoms with Crippen LogP contribution in [-0.2, 0) is 0 Å². The van der Waals surface area contributed by atoms with Crippen LogP contribution in [0, 0.1) is 0 Å². The van der Waals surface area contributed by atoms with Crippen molar-refractivity contribution >= 4 is 0 Å². The van der Waals surface area contributed by atoms with Crippen molar-refractivity contribution < 1.29 is 0 Å². The molecule has 0 aromatic heterocycles. The minimum absolute atomic E-state index is 0.637. The van der Waals surface area contributed by atoms with Crippen molar-refractivity contribution in [3.05, 3.63) is 24.7 Å². The van der Waals surface area contributed by atoms with Gasteiger partial charge >= 0.3 is 0 Å². The second kappa shape index (κ2) is 1.98. The van der Waals surface area contributed by atoms with E-state index < -0.39 is 0 Å². The van der Waals surface area contributed by atoms with Crippen LogP contribution < -0.4 is 0 Å². The topological polar surface area (TPSA) is 51.6 Å². The summed E-state index contributed by atoms with van der Waals surface area (Å²) in [4.78, 5) is 7.91. The Kier molecular flexibility index (Phi) is 1.04. The highest BCUT2D eigenvalue weighted by Gasteiger charge is 2.01. The molecule has 0 fully saturated rings. The molecule has 0 saturated heterocycles. The van der Waals surface area contributed by atoms with Gasteiger partial charge in [-0.25, -0.2) is 9.97 Å². The molecule has 4 nitrogen and oxygen atoms in total. The molecule has 0 atom stereocenters. The van der Waals surface area contributed by atoms with Crippen LogP contribution in [0.4, 0.5) is 0 Å². The zero-order chi connectivity index (χ0) is 6.81. The van der Waals surface area contributed by atoms with Crippen molar-refractivity contribution in [3.63, 3.8) is 0 Å². The van der Waals surface area contributed by atoms with Crippen LogP contribution in [0.15, 0.2) is 24.7 Å². The third-order valence-corrected chi connectivity index (χ3v) is 1.15. The maximum absolute atomic E-state index is 3.97. The monoisotopic (exact) mass is 132 g/mol. The highest BCUT2D eigenvalue weighted by molar-refractivity contribution is 5.48. The summed E-state index contributed by atoms with van der Waals surface area (Å²) in [6.07, 6.45) is 4.76. The summed E-state index contributed by atoms with van der Waals surface area (Å²) in [5.74, 6) is 0.637. The van der Waals surface area contributed by atoms with Crippen LogP contribution in [-0.4, -0.2) is 20.2 Å². The predicted octanol–water partition coefficient (Wildman–Crippen LogP) is 0.371. The first kappa shape index (κ1) is 5.22. The molecule has 0 unspecified atom stereocenters. The molecular formula is C6H4N4. The molecule has 0 amide bonds. The Morgan fingerprint density at radius 2 is 1.90 bits per heavy atom. The molecule has 0 saturated carbocycles. The summed E-state index contributed by atoms with van der Waals surface area (Å²) in [6.45, 7) is 0. The molecule has 2 aliphatic rings. The van der Waals surface area contributed by atoms with E-state index in [4.69, 9.17) is 0 Å². The van der Waals surface area contributed by atoms with Gasteiger partial charge in [0.1, 0.15) is 5.69 Å². The third kappa shape index (κ3) is 0.699. The normalized spacial score (nSPS) is 10.0. The van der Waals surface area contributed by atoms with Crippen LogP contribution in [0.3, 0.4) is 0 Å². The second-order valence-electron chi connectivity index (χ2n) is 1.80. The summed E-state index contributed by atoms with van der Waals surface area (Å²) in [6, 6.07) is 1.77. The summed E-state index contributed by atoms with van der Waals surface area (Å²) in [5.41, 5.74) is 0.727. The lowest BCUT2D eigenvalue weighted by Crippen LogP contribution is -1.78.